The molecule has 0 aliphatic carbocycles. The van der Waals surface area contributed by atoms with Crippen molar-refractivity contribution >= 4 is 90.2 Å². The summed E-state index contributed by atoms with van der Waals surface area (Å²) >= 11 is 2.77. The van der Waals surface area contributed by atoms with Gasteiger partial charge in [-0.3, -0.25) is 0 Å². The van der Waals surface area contributed by atoms with Crippen LogP contribution in [0.2, 0.25) is 0 Å². The second kappa shape index (κ2) is 15.4. The van der Waals surface area contributed by atoms with Gasteiger partial charge in [-0.05, 0) is 13.8 Å². The Kier molecular flexibility index (Phi) is 10.1. The van der Waals surface area contributed by atoms with E-state index in [1.165, 1.54) is 33.8 Å². The fourth-order valence-electron chi connectivity index (χ4n) is 5.72. The van der Waals surface area contributed by atoms with Gasteiger partial charge >= 0.3 is 258 Å². The Morgan fingerprint density at radius 2 is 1.02 bits per heavy atom. The third kappa shape index (κ3) is 8.10. The number of benzene rings is 4. The number of hydrazone groups is 2. The van der Waals surface area contributed by atoms with Crippen molar-refractivity contribution in [2.45, 2.75) is 27.7 Å². The molecule has 0 amide bonds. The van der Waals surface area contributed by atoms with Crippen LogP contribution in [-0.2, 0) is 0 Å². The molecule has 13 heteroatoms. The van der Waals surface area contributed by atoms with Gasteiger partial charge in [-0.2, -0.15) is 0 Å². The van der Waals surface area contributed by atoms with Crippen LogP contribution >= 0.6 is 22.7 Å². The van der Waals surface area contributed by atoms with Crippen LogP contribution in [0.25, 0.3) is 44.5 Å². The van der Waals surface area contributed by atoms with Crippen molar-refractivity contribution in [3.05, 3.63) is 151 Å². The van der Waals surface area contributed by atoms with E-state index in [1.807, 2.05) is 97.4 Å². The van der Waals surface area contributed by atoms with E-state index in [4.69, 9.17) is 8.83 Å². The van der Waals surface area contributed by atoms with Gasteiger partial charge in [-0.15, -0.1) is 0 Å². The van der Waals surface area contributed by atoms with Crippen LogP contribution in [0.15, 0.2) is 136 Å². The van der Waals surface area contributed by atoms with Gasteiger partial charge in [0, 0.05) is 0 Å². The Morgan fingerprint density at radius 3 is 1.44 bits per heavy atom. The van der Waals surface area contributed by atoms with Gasteiger partial charge in [-0.25, -0.2) is 0 Å². The molecule has 0 aliphatic heterocycles. The third-order valence-corrected chi connectivity index (χ3v) is 12.3. The zero-order valence-corrected chi connectivity index (χ0v) is 33.4. The Balaban J connectivity index is 0.983. The van der Waals surface area contributed by atoms with Gasteiger partial charge in [0.15, 0.2) is 0 Å². The quantitative estimate of drug-likeness (QED) is 0.0612. The number of nitrogens with one attached hydrogen (secondary N) is 2. The summed E-state index contributed by atoms with van der Waals surface area (Å²) in [6, 6.07) is 31.6. The first kappa shape index (κ1) is 36.0. The zero-order chi connectivity index (χ0) is 38.1. The zero-order valence-electron chi connectivity index (χ0n) is 30.0. The molecule has 10 nitrogen and oxygen atoms in total. The fraction of sp³-hybridized carbons (Fsp3) is 0.0952. The molecule has 272 valence electrons. The average Bonchev–Trinajstić information content (AvgIpc) is 3.87. The van der Waals surface area contributed by atoms with Gasteiger partial charge in [0.2, 0.25) is 0 Å². The van der Waals surface area contributed by atoms with Crippen LogP contribution in [0.4, 0.5) is 10.3 Å². The molecule has 4 aromatic heterocycles. The maximum atomic E-state index is 12.9. The monoisotopic (exact) mass is 828 g/mol. The topological polar surface area (TPSA) is 135 Å². The normalized spacial score (nSPS) is 12.1. The molecule has 0 saturated carbocycles. The summed E-state index contributed by atoms with van der Waals surface area (Å²) in [5.41, 5.74) is 13.9. The number of thiazole rings is 2. The predicted octanol–water partition coefficient (Wildman–Crippen LogP) is 8.09. The summed E-state index contributed by atoms with van der Waals surface area (Å²) in [5, 5.41) is 15.7. The Bertz CT molecular complexity index is 2700. The molecule has 0 spiro atoms. The molecule has 4 aromatic carbocycles. The molecule has 0 aliphatic rings. The molecule has 0 radical (unpaired) electrons. The minimum atomic E-state index is -0.465. The number of hydrogen-bond acceptors (Lipinski definition) is 12. The first-order valence-electron chi connectivity index (χ1n) is 17.2. The minimum absolute atomic E-state index is 0.107. The molecule has 0 atom stereocenters. The van der Waals surface area contributed by atoms with Crippen LogP contribution in [0.5, 0.6) is 0 Å². The van der Waals surface area contributed by atoms with Crippen LogP contribution in [-0.4, -0.2) is 36.3 Å². The summed E-state index contributed by atoms with van der Waals surface area (Å²) in [5.74, 6) is 0. The second-order valence-electron chi connectivity index (χ2n) is 12.8. The Hall–Kier alpha value is -5.98. The third-order valence-electron chi connectivity index (χ3n) is 8.76. The second-order valence-corrected chi connectivity index (χ2v) is 16.9. The molecule has 0 fully saturated rings. The predicted molar refractivity (Wildman–Crippen MR) is 226 cm³/mol. The van der Waals surface area contributed by atoms with Crippen LogP contribution in [0.3, 0.4) is 0 Å². The number of aromatic nitrogens is 2. The van der Waals surface area contributed by atoms with Gasteiger partial charge in [0.25, 0.3) is 0 Å². The van der Waals surface area contributed by atoms with Crippen molar-refractivity contribution in [1.29, 1.82) is 0 Å². The molecular formula is C42H32N6O4S2Se. The van der Waals surface area contributed by atoms with Crippen molar-refractivity contribution < 1.29 is 8.83 Å². The average molecular weight is 828 g/mol. The summed E-state index contributed by atoms with van der Waals surface area (Å²) in [7, 11) is 0. The van der Waals surface area contributed by atoms with Crippen LogP contribution in [0.1, 0.15) is 36.1 Å². The van der Waals surface area contributed by atoms with E-state index in [-0.39, 0.29) is 15.0 Å². The summed E-state index contributed by atoms with van der Waals surface area (Å²) in [6.45, 7) is 7.62. The standard InChI is InChI=1S/C42H32N6O4S2Se/c1-23-5-9-27(10-6-23)35-21-53-41(43-35)47-45-25(3)33-19-29-17-31(13-15-37(29)51-39(33)49)55-32-14-16-38-30(18-32)20-34(40(50)52-38)26(4)46-48-42-44-36(22-54-42)28-11-7-24(2)8-12-28/h5-22H,1-4H3,(H,43,47)(H,44,48). The number of hydrogen-bond donors (Lipinski definition) is 2. The molecular weight excluding hydrogens is 796 g/mol. The Morgan fingerprint density at radius 1 is 0.600 bits per heavy atom. The first-order chi connectivity index (χ1) is 26.6. The molecule has 0 saturated heterocycles. The van der Waals surface area contributed by atoms with Crippen LogP contribution in [0, 0.1) is 13.8 Å². The van der Waals surface area contributed by atoms with E-state index in [2.05, 4.69) is 55.3 Å². The fourth-order valence-corrected chi connectivity index (χ4v) is 8.96. The van der Waals surface area contributed by atoms with Gasteiger partial charge in [0.1, 0.15) is 0 Å². The molecule has 0 bridgehead atoms. The number of aryl methyl sites for hydroxylation is 2. The van der Waals surface area contributed by atoms with Gasteiger partial charge in [0.05, 0.1) is 0 Å². The van der Waals surface area contributed by atoms with Crippen molar-refractivity contribution in [1.82, 2.24) is 9.97 Å². The molecule has 2 N–H and O–H groups in total. The molecule has 55 heavy (non-hydrogen) atoms. The van der Waals surface area contributed by atoms with Crippen molar-refractivity contribution in [3.8, 4) is 22.5 Å². The number of nitrogens with zero attached hydrogens (tertiary/aromatic N) is 4. The summed E-state index contributed by atoms with van der Waals surface area (Å²) < 4.78 is 13.5. The van der Waals surface area contributed by atoms with E-state index in [0.29, 0.717) is 44.0 Å². The van der Waals surface area contributed by atoms with E-state index in [1.54, 1.807) is 13.8 Å². The van der Waals surface area contributed by atoms with E-state index >= 15 is 0 Å². The number of rotatable bonds is 10. The van der Waals surface area contributed by atoms with E-state index in [9.17, 15) is 9.59 Å². The SMILES string of the molecule is CC(=NNc1nc(-c2ccc(C)cc2)cs1)c1cc2cc([Se]c3ccc4oc(=O)c(C(C)=NNc5nc(-c6ccc(C)cc6)cs5)cc4c3)ccc2oc1=O. The van der Waals surface area contributed by atoms with Crippen molar-refractivity contribution in [2.24, 2.45) is 10.2 Å². The number of fused-ring (bicyclic) bond motifs is 2. The van der Waals surface area contributed by atoms with Crippen molar-refractivity contribution in [2.75, 3.05) is 10.9 Å². The van der Waals surface area contributed by atoms with E-state index in [0.717, 1.165) is 42.2 Å². The Labute approximate surface area is 329 Å². The molecule has 4 heterocycles. The molecule has 0 unspecified atom stereocenters. The number of anilines is 2. The van der Waals surface area contributed by atoms with Crippen LogP contribution < -0.4 is 31.0 Å². The van der Waals surface area contributed by atoms with Crippen molar-refractivity contribution in [3.63, 3.8) is 0 Å². The van der Waals surface area contributed by atoms with Gasteiger partial charge in [-0.1, -0.05) is 59.7 Å². The van der Waals surface area contributed by atoms with E-state index < -0.39 is 11.3 Å². The summed E-state index contributed by atoms with van der Waals surface area (Å²) in [6.07, 6.45) is 0. The summed E-state index contributed by atoms with van der Waals surface area (Å²) in [4.78, 5) is 35.2. The molecule has 8 rings (SSSR count). The maximum absolute atomic E-state index is 12.9. The van der Waals surface area contributed by atoms with Gasteiger partial charge < -0.3 is 0 Å². The molecule has 8 aromatic rings. The first-order valence-corrected chi connectivity index (χ1v) is 20.6.